The molecule has 4 aromatic rings. The molecule has 3 aromatic carbocycles. The Morgan fingerprint density at radius 2 is 1.72 bits per heavy atom. The summed E-state index contributed by atoms with van der Waals surface area (Å²) in [6, 6.07) is 16.2. The van der Waals surface area contributed by atoms with Crippen molar-refractivity contribution in [1.29, 1.82) is 0 Å². The molecular weight excluding hydrogens is 415 g/mol. The Hall–Kier alpha value is -4.27. The lowest BCUT2D eigenvalue weighted by atomic mass is 10.2. The minimum atomic E-state index is -0.494. The Kier molecular flexibility index (Phi) is 6.07. The molecule has 0 atom stereocenters. The number of methoxy groups -OCH3 is 2. The van der Waals surface area contributed by atoms with E-state index in [0.29, 0.717) is 45.2 Å². The summed E-state index contributed by atoms with van der Waals surface area (Å²) in [7, 11) is 3.06. The van der Waals surface area contributed by atoms with Crippen LogP contribution in [-0.2, 0) is 6.61 Å². The number of halogens is 1. The highest BCUT2D eigenvalue weighted by Crippen LogP contribution is 2.28. The highest BCUT2D eigenvalue weighted by atomic mass is 19.1. The van der Waals surface area contributed by atoms with Gasteiger partial charge in [0.25, 0.3) is 0 Å². The van der Waals surface area contributed by atoms with Crippen molar-refractivity contribution in [3.8, 4) is 17.2 Å². The first-order valence-corrected chi connectivity index (χ1v) is 9.71. The standard InChI is InChI=1S/C23H21FN4O4/c1-30-17-9-15(10-18(11-17)31-2)25-23(29)26-22-19-12-16(7-8-21(19)27-28-22)32-13-14-5-3-4-6-20(14)24/h3-12H,13H2,1-2H3,(H3,25,26,27,28,29). The molecule has 0 spiro atoms. The number of ether oxygens (including phenoxy) is 3. The van der Waals surface area contributed by atoms with E-state index in [-0.39, 0.29) is 12.4 Å². The van der Waals surface area contributed by atoms with Gasteiger partial charge in [0.2, 0.25) is 0 Å². The van der Waals surface area contributed by atoms with E-state index in [9.17, 15) is 9.18 Å². The summed E-state index contributed by atoms with van der Waals surface area (Å²) in [5.74, 6) is 1.60. The molecule has 3 N–H and O–H groups in total. The van der Waals surface area contributed by atoms with Crippen molar-refractivity contribution in [3.63, 3.8) is 0 Å². The third-order valence-electron chi connectivity index (χ3n) is 4.73. The molecule has 0 aliphatic heterocycles. The zero-order valence-electron chi connectivity index (χ0n) is 17.4. The van der Waals surface area contributed by atoms with Crippen LogP contribution in [0.25, 0.3) is 10.9 Å². The van der Waals surface area contributed by atoms with Crippen LogP contribution in [0, 0.1) is 5.82 Å². The lowest BCUT2D eigenvalue weighted by Gasteiger charge is -2.10. The fourth-order valence-electron chi connectivity index (χ4n) is 3.10. The van der Waals surface area contributed by atoms with Gasteiger partial charge in [0.1, 0.15) is 29.7 Å². The number of aromatic amines is 1. The number of hydrogen-bond acceptors (Lipinski definition) is 5. The number of nitrogens with zero attached hydrogens (tertiary/aromatic N) is 1. The van der Waals surface area contributed by atoms with E-state index in [0.717, 1.165) is 0 Å². The molecule has 32 heavy (non-hydrogen) atoms. The number of H-pyrrole nitrogens is 1. The maximum absolute atomic E-state index is 13.8. The van der Waals surface area contributed by atoms with Crippen molar-refractivity contribution in [2.75, 3.05) is 24.9 Å². The molecule has 0 bridgehead atoms. The number of carbonyl (C=O) groups excluding carboxylic acids is 1. The van der Waals surface area contributed by atoms with E-state index in [4.69, 9.17) is 14.2 Å². The van der Waals surface area contributed by atoms with Crippen LogP contribution in [0.15, 0.2) is 60.7 Å². The van der Waals surface area contributed by atoms with Crippen LogP contribution in [0.1, 0.15) is 5.56 Å². The van der Waals surface area contributed by atoms with Crippen LogP contribution in [0.3, 0.4) is 0 Å². The molecule has 4 rings (SSSR count). The van der Waals surface area contributed by atoms with E-state index < -0.39 is 6.03 Å². The number of aromatic nitrogens is 2. The third-order valence-corrected chi connectivity index (χ3v) is 4.73. The van der Waals surface area contributed by atoms with Gasteiger partial charge < -0.3 is 19.5 Å². The van der Waals surface area contributed by atoms with E-state index in [1.807, 2.05) is 0 Å². The van der Waals surface area contributed by atoms with Gasteiger partial charge in [0.15, 0.2) is 5.82 Å². The minimum Gasteiger partial charge on any atom is -0.497 e. The third kappa shape index (κ3) is 4.72. The van der Waals surface area contributed by atoms with Crippen LogP contribution in [0.4, 0.5) is 20.7 Å². The number of anilines is 2. The molecular formula is C23H21FN4O4. The monoisotopic (exact) mass is 436 g/mol. The summed E-state index contributed by atoms with van der Waals surface area (Å²) in [4.78, 5) is 12.5. The molecule has 164 valence electrons. The highest BCUT2D eigenvalue weighted by Gasteiger charge is 2.12. The first-order chi connectivity index (χ1) is 15.6. The molecule has 0 aliphatic rings. The Morgan fingerprint density at radius 1 is 0.969 bits per heavy atom. The average Bonchev–Trinajstić information content (AvgIpc) is 3.20. The lowest BCUT2D eigenvalue weighted by Crippen LogP contribution is -2.19. The summed E-state index contributed by atoms with van der Waals surface area (Å²) >= 11 is 0. The Balaban J connectivity index is 1.48. The average molecular weight is 436 g/mol. The van der Waals surface area contributed by atoms with Gasteiger partial charge in [-0.1, -0.05) is 18.2 Å². The molecule has 9 heteroatoms. The van der Waals surface area contributed by atoms with Crippen molar-refractivity contribution in [3.05, 3.63) is 72.0 Å². The Labute approximate surface area is 183 Å². The predicted octanol–water partition coefficient (Wildman–Crippen LogP) is 4.94. The molecule has 0 unspecified atom stereocenters. The molecule has 0 fully saturated rings. The second-order valence-corrected chi connectivity index (χ2v) is 6.84. The van der Waals surface area contributed by atoms with E-state index in [1.165, 1.54) is 20.3 Å². The SMILES string of the molecule is COc1cc(NC(=O)Nc2n[nH]c3ccc(OCc4ccccc4F)cc23)cc(OC)c1. The van der Waals surface area contributed by atoms with Gasteiger partial charge in [-0.3, -0.25) is 10.4 Å². The lowest BCUT2D eigenvalue weighted by molar-refractivity contribution is 0.262. The van der Waals surface area contributed by atoms with Crippen LogP contribution < -0.4 is 24.8 Å². The van der Waals surface area contributed by atoms with E-state index >= 15 is 0 Å². The number of amides is 2. The predicted molar refractivity (Wildman–Crippen MR) is 119 cm³/mol. The topological polar surface area (TPSA) is 97.5 Å². The maximum Gasteiger partial charge on any atom is 0.324 e. The molecule has 0 saturated carbocycles. The second kappa shape index (κ2) is 9.25. The maximum atomic E-state index is 13.8. The summed E-state index contributed by atoms with van der Waals surface area (Å²) in [5.41, 5.74) is 1.65. The molecule has 1 aromatic heterocycles. The number of fused-ring (bicyclic) bond motifs is 1. The number of carbonyl (C=O) groups is 1. The molecule has 1 heterocycles. The summed E-state index contributed by atoms with van der Waals surface area (Å²) in [5, 5.41) is 13.1. The van der Waals surface area contributed by atoms with Crippen molar-refractivity contribution in [1.82, 2.24) is 10.2 Å². The van der Waals surface area contributed by atoms with Gasteiger partial charge >= 0.3 is 6.03 Å². The fraction of sp³-hybridized carbons (Fsp3) is 0.130. The van der Waals surface area contributed by atoms with Gasteiger partial charge in [-0.15, -0.1) is 0 Å². The van der Waals surface area contributed by atoms with Crippen LogP contribution >= 0.6 is 0 Å². The van der Waals surface area contributed by atoms with Gasteiger partial charge in [-0.25, -0.2) is 9.18 Å². The number of nitrogens with one attached hydrogen (secondary N) is 3. The molecule has 0 saturated heterocycles. The summed E-state index contributed by atoms with van der Waals surface area (Å²) in [6.07, 6.45) is 0. The minimum absolute atomic E-state index is 0.0803. The fourth-order valence-corrected chi connectivity index (χ4v) is 3.10. The van der Waals surface area contributed by atoms with Gasteiger partial charge in [-0.2, -0.15) is 5.10 Å². The Bertz CT molecular complexity index is 1240. The van der Waals surface area contributed by atoms with Crippen molar-refractivity contribution in [2.24, 2.45) is 0 Å². The van der Waals surface area contributed by atoms with Gasteiger partial charge in [0, 0.05) is 34.8 Å². The largest absolute Gasteiger partial charge is 0.497 e. The molecule has 8 nitrogen and oxygen atoms in total. The number of benzene rings is 3. The highest BCUT2D eigenvalue weighted by molar-refractivity contribution is 6.04. The molecule has 0 radical (unpaired) electrons. The normalized spacial score (nSPS) is 10.6. The second-order valence-electron chi connectivity index (χ2n) is 6.84. The number of hydrogen-bond donors (Lipinski definition) is 3. The van der Waals surface area contributed by atoms with E-state index in [2.05, 4.69) is 20.8 Å². The first-order valence-electron chi connectivity index (χ1n) is 9.71. The van der Waals surface area contributed by atoms with Crippen molar-refractivity contribution >= 4 is 28.4 Å². The smallest absolute Gasteiger partial charge is 0.324 e. The van der Waals surface area contributed by atoms with Gasteiger partial charge in [-0.05, 0) is 24.3 Å². The zero-order valence-corrected chi connectivity index (χ0v) is 17.4. The molecule has 2 amide bonds. The number of urea groups is 1. The van der Waals surface area contributed by atoms with Crippen molar-refractivity contribution in [2.45, 2.75) is 6.61 Å². The van der Waals surface area contributed by atoms with Crippen LogP contribution in [0.2, 0.25) is 0 Å². The van der Waals surface area contributed by atoms with Crippen LogP contribution in [-0.4, -0.2) is 30.4 Å². The Morgan fingerprint density at radius 3 is 2.44 bits per heavy atom. The van der Waals surface area contributed by atoms with Crippen molar-refractivity contribution < 1.29 is 23.4 Å². The summed E-state index contributed by atoms with van der Waals surface area (Å²) in [6.45, 7) is 0.0803. The van der Waals surface area contributed by atoms with Gasteiger partial charge in [0.05, 0.1) is 19.7 Å². The first kappa shape index (κ1) is 21.0. The quantitative estimate of drug-likeness (QED) is 0.381. The molecule has 0 aliphatic carbocycles. The number of rotatable bonds is 7. The van der Waals surface area contributed by atoms with Crippen LogP contribution in [0.5, 0.6) is 17.2 Å². The van der Waals surface area contributed by atoms with E-state index in [1.54, 1.807) is 54.6 Å². The summed E-state index contributed by atoms with van der Waals surface area (Å²) < 4.78 is 30.0. The zero-order chi connectivity index (χ0) is 22.5.